The van der Waals surface area contributed by atoms with Crippen molar-refractivity contribution in [1.29, 1.82) is 0 Å². The monoisotopic (exact) mass is 338 g/mol. The van der Waals surface area contributed by atoms with Gasteiger partial charge in [0.15, 0.2) is 0 Å². The fraction of sp³-hybridized carbons (Fsp3) is 0.200. The largest absolute Gasteiger partial charge is 0.494 e. The predicted molar refractivity (Wildman–Crippen MR) is 95.2 cm³/mol. The van der Waals surface area contributed by atoms with Gasteiger partial charge in [-0.3, -0.25) is 4.79 Å². The fourth-order valence-corrected chi connectivity index (χ4v) is 2.43. The standard InChI is InChI=1S/C20H19FN2O2/c21-16-8-10-17(11-9-16)25-14-4-3-13-22-20(24)19-12-7-15-5-1-2-6-18(15)23-19/h1-2,5-12H,3-4,13-14H2,(H,22,24). The van der Waals surface area contributed by atoms with Crippen LogP contribution in [-0.2, 0) is 0 Å². The highest BCUT2D eigenvalue weighted by molar-refractivity contribution is 5.94. The first kappa shape index (κ1) is 16.9. The maximum absolute atomic E-state index is 12.8. The molecule has 128 valence electrons. The molecular weight excluding hydrogens is 319 g/mol. The lowest BCUT2D eigenvalue weighted by Crippen LogP contribution is -2.25. The van der Waals surface area contributed by atoms with Crippen LogP contribution in [0.4, 0.5) is 4.39 Å². The summed E-state index contributed by atoms with van der Waals surface area (Å²) >= 11 is 0. The number of aromatic nitrogens is 1. The number of halogens is 1. The molecule has 1 aromatic heterocycles. The van der Waals surface area contributed by atoms with E-state index in [1.54, 1.807) is 18.2 Å². The number of nitrogens with one attached hydrogen (secondary N) is 1. The third-order valence-corrected chi connectivity index (χ3v) is 3.77. The van der Waals surface area contributed by atoms with Gasteiger partial charge in [0.1, 0.15) is 17.3 Å². The second-order valence-corrected chi connectivity index (χ2v) is 5.65. The van der Waals surface area contributed by atoms with Gasteiger partial charge in [-0.05, 0) is 49.2 Å². The average molecular weight is 338 g/mol. The van der Waals surface area contributed by atoms with E-state index in [1.165, 1.54) is 12.1 Å². The Bertz CT molecular complexity index is 850. The lowest BCUT2D eigenvalue weighted by atomic mass is 10.2. The van der Waals surface area contributed by atoms with Gasteiger partial charge in [0.05, 0.1) is 12.1 Å². The number of ether oxygens (including phenoxy) is 1. The Morgan fingerprint density at radius 3 is 2.64 bits per heavy atom. The van der Waals surface area contributed by atoms with E-state index in [4.69, 9.17) is 4.74 Å². The van der Waals surface area contributed by atoms with E-state index in [1.807, 2.05) is 30.3 Å². The summed E-state index contributed by atoms with van der Waals surface area (Å²) in [5.41, 5.74) is 1.23. The quantitative estimate of drug-likeness (QED) is 0.663. The summed E-state index contributed by atoms with van der Waals surface area (Å²) in [6.07, 6.45) is 1.59. The van der Waals surface area contributed by atoms with Crippen molar-refractivity contribution in [2.75, 3.05) is 13.2 Å². The summed E-state index contributed by atoms with van der Waals surface area (Å²) in [6.45, 7) is 1.08. The summed E-state index contributed by atoms with van der Waals surface area (Å²) < 4.78 is 18.3. The molecule has 3 aromatic rings. The molecular formula is C20H19FN2O2. The topological polar surface area (TPSA) is 51.2 Å². The van der Waals surface area contributed by atoms with Gasteiger partial charge in [0, 0.05) is 11.9 Å². The Kier molecular flexibility index (Phi) is 5.57. The second kappa shape index (κ2) is 8.24. The molecule has 5 heteroatoms. The van der Waals surface area contributed by atoms with E-state index in [2.05, 4.69) is 10.3 Å². The van der Waals surface area contributed by atoms with Crippen molar-refractivity contribution in [3.05, 3.63) is 72.2 Å². The van der Waals surface area contributed by atoms with Crippen molar-refractivity contribution in [2.24, 2.45) is 0 Å². The van der Waals surface area contributed by atoms with Crippen LogP contribution in [0.5, 0.6) is 5.75 Å². The number of carbonyl (C=O) groups excluding carboxylic acids is 1. The molecule has 0 atom stereocenters. The molecule has 4 nitrogen and oxygen atoms in total. The van der Waals surface area contributed by atoms with Gasteiger partial charge in [-0.25, -0.2) is 9.37 Å². The molecule has 0 aliphatic carbocycles. The summed E-state index contributed by atoms with van der Waals surface area (Å²) in [4.78, 5) is 16.5. The molecule has 0 spiro atoms. The van der Waals surface area contributed by atoms with Gasteiger partial charge in [-0.1, -0.05) is 24.3 Å². The first-order chi connectivity index (χ1) is 12.2. The number of pyridine rings is 1. The minimum absolute atomic E-state index is 0.176. The van der Waals surface area contributed by atoms with Gasteiger partial charge in [0.25, 0.3) is 5.91 Å². The van der Waals surface area contributed by atoms with E-state index in [9.17, 15) is 9.18 Å². The van der Waals surface area contributed by atoms with Crippen LogP contribution in [0.1, 0.15) is 23.3 Å². The van der Waals surface area contributed by atoms with Gasteiger partial charge < -0.3 is 10.1 Å². The zero-order chi connectivity index (χ0) is 17.5. The van der Waals surface area contributed by atoms with Crippen molar-refractivity contribution in [3.63, 3.8) is 0 Å². The smallest absolute Gasteiger partial charge is 0.269 e. The molecule has 0 unspecified atom stereocenters. The number of unbranched alkanes of at least 4 members (excludes halogenated alkanes) is 1. The molecule has 0 saturated carbocycles. The number of benzene rings is 2. The lowest BCUT2D eigenvalue weighted by molar-refractivity contribution is 0.0947. The van der Waals surface area contributed by atoms with E-state index >= 15 is 0 Å². The Hall–Kier alpha value is -2.95. The van der Waals surface area contributed by atoms with Gasteiger partial charge in [0.2, 0.25) is 0 Å². The Balaban J connectivity index is 1.39. The molecule has 1 amide bonds. The fourth-order valence-electron chi connectivity index (χ4n) is 2.43. The summed E-state index contributed by atoms with van der Waals surface area (Å²) in [5, 5.41) is 3.87. The maximum atomic E-state index is 12.8. The molecule has 0 bridgehead atoms. The lowest BCUT2D eigenvalue weighted by Gasteiger charge is -2.07. The van der Waals surface area contributed by atoms with Crippen LogP contribution in [0.3, 0.4) is 0 Å². The Morgan fingerprint density at radius 2 is 1.80 bits per heavy atom. The minimum atomic E-state index is -0.280. The van der Waals surface area contributed by atoms with Crippen LogP contribution in [-0.4, -0.2) is 24.0 Å². The number of nitrogens with zero attached hydrogens (tertiary/aromatic N) is 1. The number of hydrogen-bond acceptors (Lipinski definition) is 3. The highest BCUT2D eigenvalue weighted by Crippen LogP contribution is 2.12. The molecule has 0 fully saturated rings. The first-order valence-corrected chi connectivity index (χ1v) is 8.25. The number of hydrogen-bond donors (Lipinski definition) is 1. The van der Waals surface area contributed by atoms with Crippen molar-refractivity contribution in [2.45, 2.75) is 12.8 Å². The SMILES string of the molecule is O=C(NCCCCOc1ccc(F)cc1)c1ccc2ccccc2n1. The normalized spacial score (nSPS) is 10.6. The van der Waals surface area contributed by atoms with Crippen LogP contribution in [0.25, 0.3) is 10.9 Å². The van der Waals surface area contributed by atoms with Gasteiger partial charge in [-0.15, -0.1) is 0 Å². The molecule has 0 radical (unpaired) electrons. The maximum Gasteiger partial charge on any atom is 0.269 e. The summed E-state index contributed by atoms with van der Waals surface area (Å²) in [6, 6.07) is 17.3. The summed E-state index contributed by atoms with van der Waals surface area (Å²) in [7, 11) is 0. The van der Waals surface area contributed by atoms with Crippen molar-refractivity contribution in [1.82, 2.24) is 10.3 Å². The van der Waals surface area contributed by atoms with Crippen LogP contribution < -0.4 is 10.1 Å². The van der Waals surface area contributed by atoms with Crippen molar-refractivity contribution >= 4 is 16.8 Å². The average Bonchev–Trinajstić information content (AvgIpc) is 2.65. The highest BCUT2D eigenvalue weighted by Gasteiger charge is 2.07. The molecule has 25 heavy (non-hydrogen) atoms. The summed E-state index contributed by atoms with van der Waals surface area (Å²) in [5.74, 6) is 0.188. The molecule has 0 saturated heterocycles. The van der Waals surface area contributed by atoms with Crippen LogP contribution in [0, 0.1) is 5.82 Å². The zero-order valence-corrected chi connectivity index (χ0v) is 13.7. The molecule has 0 aliphatic rings. The molecule has 2 aromatic carbocycles. The van der Waals surface area contributed by atoms with E-state index in [0.29, 0.717) is 24.6 Å². The van der Waals surface area contributed by atoms with E-state index < -0.39 is 0 Å². The third-order valence-electron chi connectivity index (χ3n) is 3.77. The minimum Gasteiger partial charge on any atom is -0.494 e. The number of fused-ring (bicyclic) bond motifs is 1. The van der Waals surface area contributed by atoms with Crippen LogP contribution in [0.15, 0.2) is 60.7 Å². The molecule has 1 heterocycles. The highest BCUT2D eigenvalue weighted by atomic mass is 19.1. The number of rotatable bonds is 7. The van der Waals surface area contributed by atoms with Gasteiger partial charge >= 0.3 is 0 Å². The van der Waals surface area contributed by atoms with Crippen LogP contribution in [0.2, 0.25) is 0 Å². The van der Waals surface area contributed by atoms with E-state index in [-0.39, 0.29) is 11.7 Å². The Labute approximate surface area is 145 Å². The van der Waals surface area contributed by atoms with E-state index in [0.717, 1.165) is 23.7 Å². The van der Waals surface area contributed by atoms with Crippen molar-refractivity contribution in [3.8, 4) is 5.75 Å². The third kappa shape index (κ3) is 4.76. The predicted octanol–water partition coefficient (Wildman–Crippen LogP) is 3.96. The molecule has 3 rings (SSSR count). The zero-order valence-electron chi connectivity index (χ0n) is 13.7. The number of para-hydroxylation sites is 1. The van der Waals surface area contributed by atoms with Crippen molar-refractivity contribution < 1.29 is 13.9 Å². The molecule has 0 aliphatic heterocycles. The number of carbonyl (C=O) groups is 1. The molecule has 1 N–H and O–H groups in total. The Morgan fingerprint density at radius 1 is 1.00 bits per heavy atom. The van der Waals surface area contributed by atoms with Crippen LogP contribution >= 0.6 is 0 Å². The number of amides is 1. The second-order valence-electron chi connectivity index (χ2n) is 5.65. The van der Waals surface area contributed by atoms with Gasteiger partial charge in [-0.2, -0.15) is 0 Å². The first-order valence-electron chi connectivity index (χ1n) is 8.25.